The van der Waals surface area contributed by atoms with E-state index in [4.69, 9.17) is 0 Å². The first-order chi connectivity index (χ1) is 9.26. The lowest BCUT2D eigenvalue weighted by Crippen LogP contribution is -2.35. The van der Waals surface area contributed by atoms with E-state index in [-0.39, 0.29) is 16.1 Å². The highest BCUT2D eigenvalue weighted by Crippen LogP contribution is 2.55. The molecule has 0 N–H and O–H groups in total. The van der Waals surface area contributed by atoms with Gasteiger partial charge in [0.05, 0.1) is 0 Å². The van der Waals surface area contributed by atoms with Crippen molar-refractivity contribution in [1.29, 1.82) is 0 Å². The number of piperidine rings is 1. The summed E-state index contributed by atoms with van der Waals surface area (Å²) in [5.41, 5.74) is 0. The molecule has 0 aromatic carbocycles. The molecule has 1 heterocycles. The Morgan fingerprint density at radius 2 is 1.26 bits per heavy atom. The average Bonchev–Trinajstić information content (AvgIpc) is 2.47. The first-order valence-electron chi connectivity index (χ1n) is 8.26. The molecule has 1 rings (SSSR count). The van der Waals surface area contributed by atoms with E-state index in [0.29, 0.717) is 0 Å². The smallest absolute Gasteiger partial charge is 0.0190 e. The molecule has 0 saturated carbocycles. The molecule has 1 saturated heterocycles. The Kier molecular flexibility index (Phi) is 9.85. The molecule has 1 aliphatic heterocycles. The van der Waals surface area contributed by atoms with Crippen molar-refractivity contribution in [2.24, 2.45) is 0 Å². The first kappa shape index (κ1) is 17.8. The van der Waals surface area contributed by atoms with Gasteiger partial charge < -0.3 is 4.90 Å². The predicted octanol–water partition coefficient (Wildman–Crippen LogP) is 4.65. The molecule has 0 aromatic heterocycles. The summed E-state index contributed by atoms with van der Waals surface area (Å²) in [5.74, 6) is 0. The number of hydrogen-bond donors (Lipinski definition) is 0. The molecular formula is C15H34N2P2. The van der Waals surface area contributed by atoms with Gasteiger partial charge in [0.2, 0.25) is 0 Å². The van der Waals surface area contributed by atoms with Crippen LogP contribution < -0.4 is 0 Å². The van der Waals surface area contributed by atoms with Crippen LogP contribution in [0, 0.1) is 0 Å². The highest BCUT2D eigenvalue weighted by Gasteiger charge is 2.22. The van der Waals surface area contributed by atoms with Gasteiger partial charge in [-0.1, -0.05) is 34.1 Å². The molecule has 0 radical (unpaired) electrons. The van der Waals surface area contributed by atoms with E-state index >= 15 is 0 Å². The van der Waals surface area contributed by atoms with Gasteiger partial charge in [-0.15, -0.1) is 0 Å². The van der Waals surface area contributed by atoms with Gasteiger partial charge >= 0.3 is 0 Å². The SMILES string of the molecule is CCP(CC)N(CCN1CCCCC1)P(CC)CC. The van der Waals surface area contributed by atoms with Crippen LogP contribution in [0.2, 0.25) is 0 Å². The fourth-order valence-corrected chi connectivity index (χ4v) is 8.87. The largest absolute Gasteiger partial charge is 0.302 e. The van der Waals surface area contributed by atoms with E-state index in [1.807, 2.05) is 0 Å². The molecule has 0 amide bonds. The molecule has 0 unspecified atom stereocenters. The van der Waals surface area contributed by atoms with Crippen molar-refractivity contribution < 1.29 is 0 Å². The second kappa shape index (κ2) is 10.5. The maximum atomic E-state index is 2.94. The third kappa shape index (κ3) is 5.96. The van der Waals surface area contributed by atoms with Crippen molar-refractivity contribution >= 4 is 16.1 Å². The molecule has 19 heavy (non-hydrogen) atoms. The van der Waals surface area contributed by atoms with Crippen LogP contribution in [0.5, 0.6) is 0 Å². The van der Waals surface area contributed by atoms with E-state index in [2.05, 4.69) is 37.0 Å². The second-order valence-corrected chi connectivity index (χ2v) is 11.1. The Morgan fingerprint density at radius 1 is 0.789 bits per heavy atom. The van der Waals surface area contributed by atoms with Crippen LogP contribution in [-0.2, 0) is 0 Å². The minimum Gasteiger partial charge on any atom is -0.302 e. The van der Waals surface area contributed by atoms with E-state index in [1.165, 1.54) is 70.1 Å². The molecular weight excluding hydrogens is 270 g/mol. The second-order valence-electron chi connectivity index (χ2n) is 5.28. The molecule has 4 heteroatoms. The van der Waals surface area contributed by atoms with Gasteiger partial charge in [0.1, 0.15) is 0 Å². The summed E-state index contributed by atoms with van der Waals surface area (Å²) in [7, 11) is 0.276. The number of likely N-dealkylation sites (tertiary alicyclic amines) is 1. The standard InChI is InChI=1S/C15H34N2P2/c1-5-18(6-2)17(19(7-3)8-4)15-14-16-12-10-9-11-13-16/h5-15H2,1-4H3. The van der Waals surface area contributed by atoms with Crippen molar-refractivity contribution in [1.82, 2.24) is 9.34 Å². The lowest BCUT2D eigenvalue weighted by Gasteiger charge is -2.38. The van der Waals surface area contributed by atoms with Gasteiger partial charge in [-0.05, 0) is 66.7 Å². The molecule has 114 valence electrons. The molecule has 1 aliphatic rings. The minimum absolute atomic E-state index is 0.138. The third-order valence-corrected chi connectivity index (χ3v) is 10.3. The van der Waals surface area contributed by atoms with E-state index in [9.17, 15) is 0 Å². The lowest BCUT2D eigenvalue weighted by atomic mass is 10.1. The molecule has 1 fully saturated rings. The summed E-state index contributed by atoms with van der Waals surface area (Å²) >= 11 is 0. The van der Waals surface area contributed by atoms with E-state index in [1.54, 1.807) is 0 Å². The minimum atomic E-state index is 0.138. The summed E-state index contributed by atoms with van der Waals surface area (Å²) in [6.45, 7) is 14.9. The predicted molar refractivity (Wildman–Crippen MR) is 93.0 cm³/mol. The zero-order chi connectivity index (χ0) is 14.1. The van der Waals surface area contributed by atoms with Crippen LogP contribution in [0.3, 0.4) is 0 Å². The van der Waals surface area contributed by atoms with Crippen LogP contribution in [-0.4, -0.2) is 60.2 Å². The van der Waals surface area contributed by atoms with Crippen molar-refractivity contribution in [2.75, 3.05) is 50.8 Å². The summed E-state index contributed by atoms with van der Waals surface area (Å²) < 4.78 is 2.94. The molecule has 2 nitrogen and oxygen atoms in total. The fourth-order valence-electron chi connectivity index (χ4n) is 2.98. The van der Waals surface area contributed by atoms with Crippen LogP contribution in [0.25, 0.3) is 0 Å². The van der Waals surface area contributed by atoms with Gasteiger partial charge in [-0.3, -0.25) is 4.44 Å². The van der Waals surface area contributed by atoms with E-state index in [0.717, 1.165) is 0 Å². The Balaban J connectivity index is 2.51. The number of hydrogen-bond acceptors (Lipinski definition) is 2. The van der Waals surface area contributed by atoms with Gasteiger partial charge in [0.15, 0.2) is 0 Å². The third-order valence-electron chi connectivity index (χ3n) is 4.18. The highest BCUT2D eigenvalue weighted by molar-refractivity contribution is 7.70. The first-order valence-corrected chi connectivity index (χ1v) is 11.6. The monoisotopic (exact) mass is 304 g/mol. The lowest BCUT2D eigenvalue weighted by molar-refractivity contribution is 0.226. The number of nitrogens with zero attached hydrogens (tertiary/aromatic N) is 2. The molecule has 0 aliphatic carbocycles. The number of rotatable bonds is 9. The normalized spacial score (nSPS) is 17.8. The van der Waals surface area contributed by atoms with Crippen LogP contribution in [0.15, 0.2) is 0 Å². The molecule has 0 spiro atoms. The Morgan fingerprint density at radius 3 is 1.68 bits per heavy atom. The Labute approximate surface area is 123 Å². The fraction of sp³-hybridized carbons (Fsp3) is 1.00. The van der Waals surface area contributed by atoms with Crippen LogP contribution in [0.1, 0.15) is 47.0 Å². The topological polar surface area (TPSA) is 6.48 Å². The van der Waals surface area contributed by atoms with Gasteiger partial charge in [-0.2, -0.15) is 0 Å². The van der Waals surface area contributed by atoms with Gasteiger partial charge in [-0.25, -0.2) is 0 Å². The zero-order valence-electron chi connectivity index (χ0n) is 13.6. The summed E-state index contributed by atoms with van der Waals surface area (Å²) in [6, 6.07) is 0. The summed E-state index contributed by atoms with van der Waals surface area (Å²) in [4.78, 5) is 2.70. The maximum Gasteiger partial charge on any atom is 0.0190 e. The van der Waals surface area contributed by atoms with E-state index < -0.39 is 0 Å². The molecule has 0 atom stereocenters. The maximum absolute atomic E-state index is 2.94. The molecule has 0 aromatic rings. The van der Waals surface area contributed by atoms with Crippen LogP contribution in [0.4, 0.5) is 0 Å². The van der Waals surface area contributed by atoms with Gasteiger partial charge in [0, 0.05) is 13.1 Å². The van der Waals surface area contributed by atoms with Crippen molar-refractivity contribution in [3.8, 4) is 0 Å². The van der Waals surface area contributed by atoms with Crippen molar-refractivity contribution in [2.45, 2.75) is 47.0 Å². The molecule has 0 bridgehead atoms. The van der Waals surface area contributed by atoms with Crippen molar-refractivity contribution in [3.05, 3.63) is 0 Å². The van der Waals surface area contributed by atoms with Gasteiger partial charge in [0.25, 0.3) is 0 Å². The Bertz CT molecular complexity index is 200. The van der Waals surface area contributed by atoms with Crippen LogP contribution >= 0.6 is 16.1 Å². The van der Waals surface area contributed by atoms with Crippen molar-refractivity contribution in [3.63, 3.8) is 0 Å². The summed E-state index contributed by atoms with van der Waals surface area (Å²) in [6.07, 6.45) is 9.82. The highest BCUT2D eigenvalue weighted by atomic mass is 31.2. The zero-order valence-corrected chi connectivity index (χ0v) is 15.4. The average molecular weight is 304 g/mol. The Hall–Kier alpha value is 0.780. The quantitative estimate of drug-likeness (QED) is 0.572. The summed E-state index contributed by atoms with van der Waals surface area (Å²) in [5, 5.41) is 0.